The molecular weight excluding hydrogens is 244 g/mol. The quantitative estimate of drug-likeness (QED) is 0.902. The second-order valence-electron chi connectivity index (χ2n) is 4.76. The van der Waals surface area contributed by atoms with E-state index in [2.05, 4.69) is 59.6 Å². The highest BCUT2D eigenvalue weighted by Crippen LogP contribution is 2.04. The maximum absolute atomic E-state index is 3.47. The Morgan fingerprint density at radius 1 is 1.33 bits per heavy atom. The molecule has 1 saturated heterocycles. The summed E-state index contributed by atoms with van der Waals surface area (Å²) in [5.74, 6) is 0. The van der Waals surface area contributed by atoms with E-state index in [4.69, 9.17) is 0 Å². The van der Waals surface area contributed by atoms with E-state index < -0.39 is 0 Å². The number of halogens is 1. The van der Waals surface area contributed by atoms with Gasteiger partial charge >= 0.3 is 0 Å². The maximum atomic E-state index is 3.47. The highest BCUT2D eigenvalue weighted by molar-refractivity contribution is 5.85. The van der Waals surface area contributed by atoms with Crippen molar-refractivity contribution in [1.29, 1.82) is 0 Å². The number of rotatable bonds is 4. The zero-order valence-corrected chi connectivity index (χ0v) is 11.8. The van der Waals surface area contributed by atoms with Crippen LogP contribution in [0.3, 0.4) is 0 Å². The van der Waals surface area contributed by atoms with Gasteiger partial charge in [0.25, 0.3) is 0 Å². The van der Waals surface area contributed by atoms with Gasteiger partial charge in [-0.05, 0) is 18.9 Å². The van der Waals surface area contributed by atoms with Crippen molar-refractivity contribution in [2.45, 2.75) is 19.4 Å². The summed E-state index contributed by atoms with van der Waals surface area (Å²) in [7, 11) is 0. The number of benzene rings is 1. The van der Waals surface area contributed by atoms with Gasteiger partial charge in [-0.1, -0.05) is 42.5 Å². The maximum Gasteiger partial charge on any atom is 0.0167 e. The van der Waals surface area contributed by atoms with Crippen molar-refractivity contribution in [2.24, 2.45) is 0 Å². The van der Waals surface area contributed by atoms with E-state index in [0.29, 0.717) is 6.04 Å². The van der Waals surface area contributed by atoms with Crippen molar-refractivity contribution in [2.75, 3.05) is 26.2 Å². The predicted octanol–water partition coefficient (Wildman–Crippen LogP) is 2.81. The Hall–Kier alpha value is -0.830. The third-order valence-corrected chi connectivity index (χ3v) is 3.17. The largest absolute Gasteiger partial charge is 0.312 e. The fourth-order valence-corrected chi connectivity index (χ4v) is 2.26. The van der Waals surface area contributed by atoms with Crippen LogP contribution in [0.1, 0.15) is 18.9 Å². The molecule has 18 heavy (non-hydrogen) atoms. The molecule has 1 N–H and O–H groups in total. The van der Waals surface area contributed by atoms with Crippen molar-refractivity contribution in [3.63, 3.8) is 0 Å². The van der Waals surface area contributed by atoms with E-state index in [9.17, 15) is 0 Å². The zero-order chi connectivity index (χ0) is 11.9. The molecule has 0 aliphatic carbocycles. The third kappa shape index (κ3) is 5.21. The van der Waals surface area contributed by atoms with Gasteiger partial charge in [0.05, 0.1) is 0 Å². The van der Waals surface area contributed by atoms with Crippen LogP contribution in [0.15, 0.2) is 36.4 Å². The molecule has 0 saturated carbocycles. The predicted molar refractivity (Wildman–Crippen MR) is 81.2 cm³/mol. The van der Waals surface area contributed by atoms with E-state index in [1.165, 1.54) is 25.2 Å². The molecule has 1 atom stereocenters. The molecule has 3 heteroatoms. The Labute approximate surface area is 116 Å². The zero-order valence-electron chi connectivity index (χ0n) is 11.0. The first kappa shape index (κ1) is 15.2. The molecule has 1 aromatic carbocycles. The van der Waals surface area contributed by atoms with Crippen LogP contribution < -0.4 is 5.32 Å². The molecule has 1 aromatic rings. The van der Waals surface area contributed by atoms with Gasteiger partial charge in [0.1, 0.15) is 0 Å². The average molecular weight is 267 g/mol. The minimum absolute atomic E-state index is 0. The van der Waals surface area contributed by atoms with Crippen LogP contribution in [-0.4, -0.2) is 37.1 Å². The van der Waals surface area contributed by atoms with Crippen molar-refractivity contribution < 1.29 is 0 Å². The van der Waals surface area contributed by atoms with Gasteiger partial charge in [-0.25, -0.2) is 0 Å². The highest BCUT2D eigenvalue weighted by atomic mass is 35.5. The van der Waals surface area contributed by atoms with E-state index >= 15 is 0 Å². The summed E-state index contributed by atoms with van der Waals surface area (Å²) in [4.78, 5) is 2.54. The normalized spacial score (nSPS) is 20.8. The lowest BCUT2D eigenvalue weighted by molar-refractivity contribution is 0.210. The Balaban J connectivity index is 0.00000162. The van der Waals surface area contributed by atoms with Gasteiger partial charge in [-0.2, -0.15) is 0 Å². The van der Waals surface area contributed by atoms with Crippen molar-refractivity contribution in [3.8, 4) is 0 Å². The molecule has 0 bridgehead atoms. The van der Waals surface area contributed by atoms with Crippen molar-refractivity contribution in [1.82, 2.24) is 10.2 Å². The molecule has 0 aromatic heterocycles. The SMILES string of the molecule is CC1CN(CC/C=C/c2ccccc2)CCN1.Cl. The van der Waals surface area contributed by atoms with Crippen molar-refractivity contribution >= 4 is 18.5 Å². The topological polar surface area (TPSA) is 15.3 Å². The molecule has 1 aliphatic rings. The molecule has 0 amide bonds. The Bertz CT molecular complexity index is 351. The summed E-state index contributed by atoms with van der Waals surface area (Å²) in [5, 5.41) is 3.47. The Kier molecular flexibility index (Phi) is 7.02. The van der Waals surface area contributed by atoms with Gasteiger partial charge in [0.2, 0.25) is 0 Å². The molecule has 1 aliphatic heterocycles. The molecule has 2 rings (SSSR count). The number of nitrogens with zero attached hydrogens (tertiary/aromatic N) is 1. The van der Waals surface area contributed by atoms with Crippen LogP contribution in [0.4, 0.5) is 0 Å². The van der Waals surface area contributed by atoms with Crippen LogP contribution in [0.2, 0.25) is 0 Å². The molecule has 0 spiro atoms. The molecular formula is C15H23ClN2. The van der Waals surface area contributed by atoms with E-state index in [1.807, 2.05) is 0 Å². The van der Waals surface area contributed by atoms with Gasteiger partial charge in [-0.3, -0.25) is 0 Å². The molecule has 0 radical (unpaired) electrons. The van der Waals surface area contributed by atoms with Gasteiger partial charge < -0.3 is 10.2 Å². The highest BCUT2D eigenvalue weighted by Gasteiger charge is 2.13. The monoisotopic (exact) mass is 266 g/mol. The van der Waals surface area contributed by atoms with Gasteiger partial charge in [-0.15, -0.1) is 12.4 Å². The molecule has 1 heterocycles. The molecule has 1 unspecified atom stereocenters. The lowest BCUT2D eigenvalue weighted by Gasteiger charge is -2.31. The number of piperazine rings is 1. The summed E-state index contributed by atoms with van der Waals surface area (Å²) in [6.07, 6.45) is 5.63. The number of hydrogen-bond donors (Lipinski definition) is 1. The van der Waals surface area contributed by atoms with Crippen LogP contribution in [0, 0.1) is 0 Å². The minimum atomic E-state index is 0. The summed E-state index contributed by atoms with van der Waals surface area (Å²) in [5.41, 5.74) is 1.29. The Morgan fingerprint density at radius 3 is 2.83 bits per heavy atom. The summed E-state index contributed by atoms with van der Waals surface area (Å²) >= 11 is 0. The van der Waals surface area contributed by atoms with Crippen LogP contribution >= 0.6 is 12.4 Å². The molecule has 2 nitrogen and oxygen atoms in total. The fourth-order valence-electron chi connectivity index (χ4n) is 2.26. The smallest absolute Gasteiger partial charge is 0.0167 e. The van der Waals surface area contributed by atoms with Gasteiger partial charge in [0, 0.05) is 32.2 Å². The third-order valence-electron chi connectivity index (χ3n) is 3.17. The average Bonchev–Trinajstić information content (AvgIpc) is 2.36. The van der Waals surface area contributed by atoms with Crippen LogP contribution in [-0.2, 0) is 0 Å². The summed E-state index contributed by atoms with van der Waals surface area (Å²) in [6, 6.07) is 11.1. The van der Waals surface area contributed by atoms with Gasteiger partial charge in [0.15, 0.2) is 0 Å². The lowest BCUT2D eigenvalue weighted by atomic mass is 10.2. The first-order valence-electron chi connectivity index (χ1n) is 6.52. The Morgan fingerprint density at radius 2 is 2.11 bits per heavy atom. The first-order chi connectivity index (χ1) is 8.34. The van der Waals surface area contributed by atoms with Crippen LogP contribution in [0.5, 0.6) is 0 Å². The number of hydrogen-bond acceptors (Lipinski definition) is 2. The first-order valence-corrected chi connectivity index (χ1v) is 6.52. The van der Waals surface area contributed by atoms with E-state index in [-0.39, 0.29) is 12.4 Å². The lowest BCUT2D eigenvalue weighted by Crippen LogP contribution is -2.49. The van der Waals surface area contributed by atoms with Crippen molar-refractivity contribution in [3.05, 3.63) is 42.0 Å². The van der Waals surface area contributed by atoms with E-state index in [0.717, 1.165) is 13.0 Å². The minimum Gasteiger partial charge on any atom is -0.312 e. The second kappa shape index (κ2) is 8.30. The van der Waals surface area contributed by atoms with Crippen LogP contribution in [0.25, 0.3) is 6.08 Å². The van der Waals surface area contributed by atoms with E-state index in [1.54, 1.807) is 0 Å². The second-order valence-corrected chi connectivity index (χ2v) is 4.76. The standard InChI is InChI=1S/C15H22N2.ClH/c1-14-13-17(12-10-16-14)11-6-5-9-15-7-3-2-4-8-15;/h2-5,7-9,14,16H,6,10-13H2,1H3;1H/b9-5+;. The fraction of sp³-hybridized carbons (Fsp3) is 0.467. The molecule has 100 valence electrons. The summed E-state index contributed by atoms with van der Waals surface area (Å²) in [6.45, 7) is 6.92. The number of nitrogens with one attached hydrogen (secondary N) is 1. The molecule has 1 fully saturated rings. The summed E-state index contributed by atoms with van der Waals surface area (Å²) < 4.78 is 0.